The van der Waals surface area contributed by atoms with E-state index in [4.69, 9.17) is 0 Å². The average molecular weight is 311 g/mol. The molecule has 1 rings (SSSR count). The molecular formula is C11H17Cl2Zr. The monoisotopic (exact) mass is 309 g/mol. The van der Waals surface area contributed by atoms with Crippen molar-refractivity contribution in [2.24, 2.45) is 5.41 Å². The van der Waals surface area contributed by atoms with Gasteiger partial charge in [-0.3, -0.25) is 6.08 Å². The summed E-state index contributed by atoms with van der Waals surface area (Å²) in [5.74, 6) is 0. The van der Waals surface area contributed by atoms with Crippen LogP contribution in [0.5, 0.6) is 0 Å². The van der Waals surface area contributed by atoms with Crippen molar-refractivity contribution in [3.8, 4) is 0 Å². The first-order valence-electron chi connectivity index (χ1n) is 4.51. The largest absolute Gasteiger partial charge is 3.00 e. The number of rotatable bonds is 3. The Balaban J connectivity index is -0.000000403. The summed E-state index contributed by atoms with van der Waals surface area (Å²) in [5, 5.41) is 0. The molecule has 0 bridgehead atoms. The maximum absolute atomic E-state index is 3.40. The molecule has 1 aliphatic rings. The van der Waals surface area contributed by atoms with Crippen molar-refractivity contribution in [1.82, 2.24) is 0 Å². The maximum atomic E-state index is 3.40. The standard InChI is InChI=1S/C11H17.2ClH.Zr/c1-4-11(3,5-2)10-8-6-7-9-10;;;/h6,8H,4-5,7H2,1-3H3;2*1H;/q-1;;;+3/p-2. The van der Waals surface area contributed by atoms with Gasteiger partial charge in [0.05, 0.1) is 0 Å². The van der Waals surface area contributed by atoms with Gasteiger partial charge in [-0.2, -0.15) is 6.08 Å². The third-order valence-electron chi connectivity index (χ3n) is 2.91. The summed E-state index contributed by atoms with van der Waals surface area (Å²) < 4.78 is 0. The van der Waals surface area contributed by atoms with Crippen molar-refractivity contribution in [3.63, 3.8) is 0 Å². The summed E-state index contributed by atoms with van der Waals surface area (Å²) in [6.45, 7) is 6.83. The van der Waals surface area contributed by atoms with Gasteiger partial charge in [0.2, 0.25) is 0 Å². The Kier molecular flexibility index (Phi) is 13.4. The van der Waals surface area contributed by atoms with Crippen LogP contribution in [0.25, 0.3) is 0 Å². The van der Waals surface area contributed by atoms with Crippen molar-refractivity contribution in [3.05, 3.63) is 23.8 Å². The quantitative estimate of drug-likeness (QED) is 0.506. The van der Waals surface area contributed by atoms with Crippen molar-refractivity contribution < 1.29 is 51.0 Å². The minimum atomic E-state index is 0. The zero-order valence-electron chi connectivity index (χ0n) is 9.03. The van der Waals surface area contributed by atoms with E-state index in [2.05, 4.69) is 39.0 Å². The number of hydrogen-bond donors (Lipinski definition) is 0. The molecule has 0 unspecified atom stereocenters. The summed E-state index contributed by atoms with van der Waals surface area (Å²) in [4.78, 5) is 0. The smallest absolute Gasteiger partial charge is 1.00 e. The van der Waals surface area contributed by atoms with Gasteiger partial charge >= 0.3 is 26.2 Å². The first-order valence-corrected chi connectivity index (χ1v) is 4.51. The molecule has 1 aliphatic carbocycles. The van der Waals surface area contributed by atoms with Crippen LogP contribution in [0.3, 0.4) is 0 Å². The Labute approximate surface area is 120 Å². The Hall–Kier alpha value is 0.943. The summed E-state index contributed by atoms with van der Waals surface area (Å²) in [6, 6.07) is 0. The molecule has 0 heterocycles. The van der Waals surface area contributed by atoms with E-state index in [9.17, 15) is 0 Å². The fraction of sp³-hybridized carbons (Fsp3) is 0.636. The van der Waals surface area contributed by atoms with Crippen molar-refractivity contribution >= 4 is 0 Å². The Morgan fingerprint density at radius 2 is 1.79 bits per heavy atom. The van der Waals surface area contributed by atoms with Gasteiger partial charge in [0.15, 0.2) is 0 Å². The van der Waals surface area contributed by atoms with Crippen molar-refractivity contribution in [2.75, 3.05) is 0 Å². The SMILES string of the molecule is CCC(C)(CC)C1=[C-]CC=C1.[Cl-].[Cl-].[Zr+3]. The molecule has 0 spiro atoms. The van der Waals surface area contributed by atoms with Crippen molar-refractivity contribution in [2.45, 2.75) is 40.0 Å². The fourth-order valence-electron chi connectivity index (χ4n) is 1.45. The fourth-order valence-corrected chi connectivity index (χ4v) is 1.45. The predicted octanol–water partition coefficient (Wildman–Crippen LogP) is -2.49. The van der Waals surface area contributed by atoms with Crippen molar-refractivity contribution in [1.29, 1.82) is 0 Å². The molecule has 3 heteroatoms. The molecule has 0 aromatic carbocycles. The molecule has 0 N–H and O–H groups in total. The number of halogens is 2. The Morgan fingerprint density at radius 1 is 1.29 bits per heavy atom. The van der Waals surface area contributed by atoms with Crippen LogP contribution >= 0.6 is 0 Å². The molecule has 0 nitrogen and oxygen atoms in total. The molecule has 0 fully saturated rings. The third kappa shape index (κ3) is 4.64. The second kappa shape index (κ2) is 9.19. The van der Waals surface area contributed by atoms with Crippen LogP contribution < -0.4 is 24.8 Å². The predicted molar refractivity (Wildman–Crippen MR) is 49.2 cm³/mol. The molecule has 0 amide bonds. The van der Waals surface area contributed by atoms with Gasteiger partial charge in [0, 0.05) is 0 Å². The molecule has 0 aromatic heterocycles. The van der Waals surface area contributed by atoms with Gasteiger partial charge in [-0.15, -0.1) is 6.42 Å². The van der Waals surface area contributed by atoms with Crippen LogP contribution in [0.15, 0.2) is 17.7 Å². The molecule has 79 valence electrons. The summed E-state index contributed by atoms with van der Waals surface area (Å²) in [7, 11) is 0. The zero-order valence-corrected chi connectivity index (χ0v) is 13.0. The molecule has 14 heavy (non-hydrogen) atoms. The van der Waals surface area contributed by atoms with E-state index >= 15 is 0 Å². The van der Waals surface area contributed by atoms with E-state index in [1.165, 1.54) is 18.4 Å². The second-order valence-corrected chi connectivity index (χ2v) is 3.46. The molecule has 0 atom stereocenters. The topological polar surface area (TPSA) is 0 Å². The van der Waals surface area contributed by atoms with Gasteiger partial charge < -0.3 is 24.8 Å². The summed E-state index contributed by atoms with van der Waals surface area (Å²) in [5.41, 5.74) is 1.80. The third-order valence-corrected chi connectivity index (χ3v) is 2.91. The minimum absolute atomic E-state index is 0. The van der Waals surface area contributed by atoms with Crippen LogP contribution in [0, 0.1) is 11.5 Å². The van der Waals surface area contributed by atoms with E-state index in [0.29, 0.717) is 5.41 Å². The first-order chi connectivity index (χ1) is 5.23. The van der Waals surface area contributed by atoms with Crippen LogP contribution in [-0.2, 0) is 26.2 Å². The maximum Gasteiger partial charge on any atom is 3.00 e. The van der Waals surface area contributed by atoms with Gasteiger partial charge in [0.1, 0.15) is 0 Å². The van der Waals surface area contributed by atoms with E-state index in [0.717, 1.165) is 6.42 Å². The molecule has 0 aliphatic heterocycles. The molecular weight excluding hydrogens is 294 g/mol. The molecule has 0 saturated carbocycles. The average Bonchev–Trinajstić information content (AvgIpc) is 2.55. The van der Waals surface area contributed by atoms with Crippen LogP contribution in [0.4, 0.5) is 0 Å². The zero-order chi connectivity index (χ0) is 8.32. The van der Waals surface area contributed by atoms with E-state index in [1.807, 2.05) is 0 Å². The van der Waals surface area contributed by atoms with Gasteiger partial charge in [-0.1, -0.05) is 20.8 Å². The minimum Gasteiger partial charge on any atom is -1.00 e. The Bertz CT molecular complexity index is 193. The van der Waals surface area contributed by atoms with E-state index in [1.54, 1.807) is 0 Å². The molecule has 1 radical (unpaired) electrons. The normalized spacial score (nSPS) is 13.5. The van der Waals surface area contributed by atoms with Crippen LogP contribution in [0.1, 0.15) is 40.0 Å². The molecule has 0 aromatic rings. The van der Waals surface area contributed by atoms with Gasteiger partial charge in [0.25, 0.3) is 0 Å². The molecule has 0 saturated heterocycles. The van der Waals surface area contributed by atoms with Gasteiger partial charge in [-0.05, 0) is 18.3 Å². The van der Waals surface area contributed by atoms with Crippen LogP contribution in [0.2, 0.25) is 0 Å². The number of hydrogen-bond acceptors (Lipinski definition) is 0. The summed E-state index contributed by atoms with van der Waals surface area (Å²) in [6.07, 6.45) is 11.3. The van der Waals surface area contributed by atoms with Crippen LogP contribution in [-0.4, -0.2) is 0 Å². The van der Waals surface area contributed by atoms with Gasteiger partial charge in [-0.25, -0.2) is 11.6 Å². The number of allylic oxidation sites excluding steroid dienone is 4. The summed E-state index contributed by atoms with van der Waals surface area (Å²) >= 11 is 0. The Morgan fingerprint density at radius 3 is 2.07 bits per heavy atom. The van der Waals surface area contributed by atoms with E-state index in [-0.39, 0.29) is 51.0 Å². The second-order valence-electron chi connectivity index (χ2n) is 3.46. The van der Waals surface area contributed by atoms with E-state index < -0.39 is 0 Å². The first kappa shape index (κ1) is 20.4.